The molecular formula is C44H81N7O3. The van der Waals surface area contributed by atoms with Crippen molar-refractivity contribution in [1.29, 1.82) is 0 Å². The van der Waals surface area contributed by atoms with Crippen LogP contribution >= 0.6 is 0 Å². The monoisotopic (exact) mass is 756 g/mol. The lowest BCUT2D eigenvalue weighted by Crippen LogP contribution is -2.65. The highest BCUT2D eigenvalue weighted by Crippen LogP contribution is 2.45. The van der Waals surface area contributed by atoms with Crippen molar-refractivity contribution in [2.45, 2.75) is 244 Å². The van der Waals surface area contributed by atoms with E-state index in [4.69, 9.17) is 24.6 Å². The molecule has 2 aliphatic carbocycles. The summed E-state index contributed by atoms with van der Waals surface area (Å²) in [6, 6.07) is 0.520. The van der Waals surface area contributed by atoms with Crippen molar-refractivity contribution >= 4 is 11.9 Å². The van der Waals surface area contributed by atoms with Crippen molar-refractivity contribution in [3.63, 3.8) is 0 Å². The molecule has 1 N–H and O–H groups in total. The standard InChI is InChI=1S/C44H81N7O3/c1-11-13-27-48(34-30-41(3,4)50(42(5,6)31-34)53-36-22-17-15-18-23-36)39-45-38(26-21-29-52)46-40(47-39)49(28-14-12-2)35-32-43(7,8)51(44(9,10)33-35)54-37-24-19-16-20-25-37/h34-37,52H,11-33H2,1-10H3. The van der Waals surface area contributed by atoms with Crippen molar-refractivity contribution in [3.8, 4) is 0 Å². The SMILES string of the molecule is CCCCN(c1nc(CCCO)nc(N(CCCC)C2CC(C)(C)N(OC3CCCCC3)C(C)(C)C2)n1)C1CC(C)(C)N(OC2CCCCC2)C(C)(C)C1. The van der Waals surface area contributed by atoms with Gasteiger partial charge in [0.1, 0.15) is 5.82 Å². The average Bonchev–Trinajstić information content (AvgIpc) is 3.11. The minimum atomic E-state index is -0.151. The molecule has 0 aromatic carbocycles. The Morgan fingerprint density at radius 1 is 0.574 bits per heavy atom. The van der Waals surface area contributed by atoms with E-state index in [1.54, 1.807) is 0 Å². The molecule has 0 atom stereocenters. The van der Waals surface area contributed by atoms with Crippen LogP contribution in [0.25, 0.3) is 0 Å². The molecule has 2 saturated carbocycles. The lowest BCUT2D eigenvalue weighted by atomic mass is 9.78. The predicted molar refractivity (Wildman–Crippen MR) is 222 cm³/mol. The molecule has 310 valence electrons. The molecule has 0 bridgehead atoms. The first-order valence-corrected chi connectivity index (χ1v) is 22.4. The van der Waals surface area contributed by atoms with E-state index in [1.807, 2.05) is 0 Å². The third kappa shape index (κ3) is 10.9. The Morgan fingerprint density at radius 3 is 1.28 bits per heavy atom. The smallest absolute Gasteiger partial charge is 0.230 e. The third-order valence-corrected chi connectivity index (χ3v) is 12.9. The highest BCUT2D eigenvalue weighted by Gasteiger charge is 2.51. The van der Waals surface area contributed by atoms with E-state index < -0.39 is 0 Å². The van der Waals surface area contributed by atoms with Gasteiger partial charge in [-0.3, -0.25) is 9.68 Å². The Kier molecular flexibility index (Phi) is 15.1. The number of rotatable bonds is 17. The highest BCUT2D eigenvalue weighted by molar-refractivity contribution is 5.42. The zero-order valence-corrected chi connectivity index (χ0v) is 36.5. The minimum absolute atomic E-state index is 0.124. The van der Waals surface area contributed by atoms with E-state index in [-0.39, 0.29) is 40.8 Å². The summed E-state index contributed by atoms with van der Waals surface area (Å²) in [6.07, 6.45) is 22.6. The second-order valence-electron chi connectivity index (χ2n) is 20.0. The molecule has 2 saturated heterocycles. The molecule has 54 heavy (non-hydrogen) atoms. The maximum Gasteiger partial charge on any atom is 0.230 e. The molecule has 2 aliphatic heterocycles. The van der Waals surface area contributed by atoms with Crippen LogP contribution in [0.2, 0.25) is 0 Å². The van der Waals surface area contributed by atoms with Gasteiger partial charge in [0.25, 0.3) is 0 Å². The van der Waals surface area contributed by atoms with Crippen molar-refractivity contribution in [2.24, 2.45) is 0 Å². The van der Waals surface area contributed by atoms with Crippen LogP contribution in [-0.2, 0) is 16.1 Å². The van der Waals surface area contributed by atoms with Gasteiger partial charge < -0.3 is 14.9 Å². The van der Waals surface area contributed by atoms with Gasteiger partial charge in [0, 0.05) is 60.4 Å². The number of hydroxylamine groups is 4. The number of aliphatic hydroxyl groups is 1. The molecule has 4 fully saturated rings. The molecule has 10 nitrogen and oxygen atoms in total. The number of anilines is 2. The predicted octanol–water partition coefficient (Wildman–Crippen LogP) is 9.58. The molecule has 5 rings (SSSR count). The van der Waals surface area contributed by atoms with Crippen molar-refractivity contribution < 1.29 is 14.8 Å². The van der Waals surface area contributed by atoms with Crippen LogP contribution in [0.3, 0.4) is 0 Å². The summed E-state index contributed by atoms with van der Waals surface area (Å²) in [4.78, 5) is 34.9. The lowest BCUT2D eigenvalue weighted by molar-refractivity contribution is -0.310. The summed E-state index contributed by atoms with van der Waals surface area (Å²) in [5.41, 5.74) is -0.604. The van der Waals surface area contributed by atoms with Crippen molar-refractivity contribution in [1.82, 2.24) is 25.1 Å². The highest BCUT2D eigenvalue weighted by atomic mass is 16.7. The average molecular weight is 756 g/mol. The van der Waals surface area contributed by atoms with Gasteiger partial charge in [0.15, 0.2) is 0 Å². The molecule has 0 spiro atoms. The maximum absolute atomic E-state index is 9.91. The summed E-state index contributed by atoms with van der Waals surface area (Å²) >= 11 is 0. The number of aryl methyl sites for hydroxylation is 1. The molecular weight excluding hydrogens is 675 g/mol. The lowest BCUT2D eigenvalue weighted by Gasteiger charge is -2.57. The summed E-state index contributed by atoms with van der Waals surface area (Å²) in [5.74, 6) is 2.40. The topological polar surface area (TPSA) is 90.3 Å². The number of unbranched alkanes of at least 4 members (excludes halogenated alkanes) is 2. The van der Waals surface area contributed by atoms with E-state index in [0.29, 0.717) is 25.0 Å². The normalized spacial score (nSPS) is 24.5. The zero-order chi connectivity index (χ0) is 39.1. The number of hydrogen-bond acceptors (Lipinski definition) is 10. The Labute approximate surface area is 330 Å². The van der Waals surface area contributed by atoms with Crippen LogP contribution in [0.15, 0.2) is 0 Å². The third-order valence-electron chi connectivity index (χ3n) is 12.9. The van der Waals surface area contributed by atoms with Crippen molar-refractivity contribution in [3.05, 3.63) is 5.82 Å². The maximum atomic E-state index is 9.91. The van der Waals surface area contributed by atoms with Gasteiger partial charge in [0.05, 0.1) is 12.2 Å². The minimum Gasteiger partial charge on any atom is -0.396 e. The first kappa shape index (κ1) is 43.5. The van der Waals surface area contributed by atoms with Crippen LogP contribution in [-0.4, -0.2) is 96.3 Å². The summed E-state index contributed by atoms with van der Waals surface area (Å²) < 4.78 is 0. The van der Waals surface area contributed by atoms with Crippen LogP contribution in [0, 0.1) is 0 Å². The van der Waals surface area contributed by atoms with Gasteiger partial charge in [-0.2, -0.15) is 25.1 Å². The fourth-order valence-corrected chi connectivity index (χ4v) is 10.6. The Hall–Kier alpha value is -1.59. The van der Waals surface area contributed by atoms with E-state index in [9.17, 15) is 5.11 Å². The quantitative estimate of drug-likeness (QED) is 0.166. The Morgan fingerprint density at radius 2 is 0.944 bits per heavy atom. The van der Waals surface area contributed by atoms with Gasteiger partial charge in [-0.25, -0.2) is 0 Å². The first-order chi connectivity index (χ1) is 25.6. The molecule has 1 aromatic heterocycles. The van der Waals surface area contributed by atoms with Crippen LogP contribution < -0.4 is 9.80 Å². The van der Waals surface area contributed by atoms with E-state index in [1.165, 1.54) is 38.5 Å². The van der Waals surface area contributed by atoms with Gasteiger partial charge in [-0.1, -0.05) is 65.2 Å². The van der Waals surface area contributed by atoms with E-state index >= 15 is 0 Å². The molecule has 0 radical (unpaired) electrons. The first-order valence-electron chi connectivity index (χ1n) is 22.4. The molecule has 4 aliphatic rings. The van der Waals surface area contributed by atoms with E-state index in [2.05, 4.69) is 89.2 Å². The van der Waals surface area contributed by atoms with Gasteiger partial charge in [-0.15, -0.1) is 0 Å². The number of aromatic nitrogens is 3. The number of aliphatic hydroxyl groups excluding tert-OH is 1. The molecule has 10 heteroatoms. The summed E-state index contributed by atoms with van der Waals surface area (Å²) in [7, 11) is 0. The number of hydrogen-bond donors (Lipinski definition) is 1. The Balaban J connectivity index is 1.48. The molecule has 1 aromatic rings. The van der Waals surface area contributed by atoms with Crippen LogP contribution in [0.5, 0.6) is 0 Å². The summed E-state index contributed by atoms with van der Waals surface area (Å²) in [5, 5.41) is 14.7. The van der Waals surface area contributed by atoms with E-state index in [0.717, 1.165) is 108 Å². The number of nitrogens with zero attached hydrogens (tertiary/aromatic N) is 7. The van der Waals surface area contributed by atoms with Gasteiger partial charge in [0.2, 0.25) is 11.9 Å². The van der Waals surface area contributed by atoms with Crippen LogP contribution in [0.1, 0.15) is 197 Å². The summed E-state index contributed by atoms with van der Waals surface area (Å²) in [6.45, 7) is 25.4. The molecule has 0 amide bonds. The zero-order valence-electron chi connectivity index (χ0n) is 36.5. The van der Waals surface area contributed by atoms with Gasteiger partial charge >= 0.3 is 0 Å². The van der Waals surface area contributed by atoms with Crippen molar-refractivity contribution in [2.75, 3.05) is 29.5 Å². The fourth-order valence-electron chi connectivity index (χ4n) is 10.6. The largest absolute Gasteiger partial charge is 0.396 e. The molecule has 0 unspecified atom stereocenters. The fraction of sp³-hybridized carbons (Fsp3) is 0.932. The molecule has 3 heterocycles. The second kappa shape index (κ2) is 18.8. The second-order valence-corrected chi connectivity index (χ2v) is 20.0. The number of piperidine rings is 2. The van der Waals surface area contributed by atoms with Gasteiger partial charge in [-0.05, 0) is 126 Å². The Bertz CT molecular complexity index is 1170. The van der Waals surface area contributed by atoms with Crippen LogP contribution in [0.4, 0.5) is 11.9 Å².